The van der Waals surface area contributed by atoms with Crippen molar-refractivity contribution in [2.75, 3.05) is 29.9 Å². The summed E-state index contributed by atoms with van der Waals surface area (Å²) in [5.41, 5.74) is 2.54. The number of aryl methyl sites for hydroxylation is 1. The van der Waals surface area contributed by atoms with E-state index in [-0.39, 0.29) is 11.4 Å². The van der Waals surface area contributed by atoms with E-state index in [0.29, 0.717) is 5.69 Å². The minimum Gasteiger partial charge on any atom is -0.372 e. The van der Waals surface area contributed by atoms with E-state index in [1.807, 2.05) is 25.1 Å². The van der Waals surface area contributed by atoms with Gasteiger partial charge in [0.1, 0.15) is 0 Å². The van der Waals surface area contributed by atoms with Crippen LogP contribution in [0.4, 0.5) is 11.4 Å². The first kappa shape index (κ1) is 19.9. The predicted molar refractivity (Wildman–Crippen MR) is 105 cm³/mol. The van der Waals surface area contributed by atoms with E-state index in [1.54, 1.807) is 24.3 Å². The number of sulfonamides is 1. The van der Waals surface area contributed by atoms with Crippen molar-refractivity contribution in [1.29, 1.82) is 0 Å². The molecule has 140 valence electrons. The normalized spacial score (nSPS) is 11.2. The molecule has 0 bridgehead atoms. The fourth-order valence-electron chi connectivity index (χ4n) is 2.58. The van der Waals surface area contributed by atoms with Crippen molar-refractivity contribution >= 4 is 27.3 Å². The Bertz CT molecular complexity index is 845. The Kier molecular flexibility index (Phi) is 6.76. The number of nitrogens with zero attached hydrogens (tertiary/aromatic N) is 1. The van der Waals surface area contributed by atoms with Crippen LogP contribution in [0.25, 0.3) is 0 Å². The lowest BCUT2D eigenvalue weighted by Crippen LogP contribution is -2.32. The van der Waals surface area contributed by atoms with E-state index in [1.165, 1.54) is 6.07 Å². The van der Waals surface area contributed by atoms with Crippen molar-refractivity contribution in [3.05, 3.63) is 54.1 Å². The topological polar surface area (TPSA) is 78.5 Å². The molecule has 0 saturated carbocycles. The highest BCUT2D eigenvalue weighted by atomic mass is 32.2. The number of amides is 1. The Hall–Kier alpha value is -2.38. The third-order valence-electron chi connectivity index (χ3n) is 4.00. The van der Waals surface area contributed by atoms with Crippen LogP contribution in [0.1, 0.15) is 19.4 Å². The molecule has 2 N–H and O–H groups in total. The summed E-state index contributed by atoms with van der Waals surface area (Å²) >= 11 is 0. The standard InChI is InChI=1S/C19H25N3O3S/c1-4-22(5-2)17-11-9-16(10-12-17)21-19(23)14-20-26(24,25)18-8-6-7-15(3)13-18/h6-13,20H,4-5,14H2,1-3H3,(H,21,23). The number of carbonyl (C=O) groups excluding carboxylic acids is 1. The maximum Gasteiger partial charge on any atom is 0.241 e. The highest BCUT2D eigenvalue weighted by Gasteiger charge is 2.15. The second-order valence-electron chi connectivity index (χ2n) is 5.91. The van der Waals surface area contributed by atoms with Gasteiger partial charge in [0, 0.05) is 24.5 Å². The molecule has 0 aliphatic rings. The van der Waals surface area contributed by atoms with Crippen molar-refractivity contribution in [3.63, 3.8) is 0 Å². The molecule has 0 aliphatic heterocycles. The molecule has 0 fully saturated rings. The van der Waals surface area contributed by atoms with Gasteiger partial charge in [-0.05, 0) is 62.7 Å². The van der Waals surface area contributed by atoms with Crippen LogP contribution in [0.3, 0.4) is 0 Å². The summed E-state index contributed by atoms with van der Waals surface area (Å²) in [6.45, 7) is 7.46. The third-order valence-corrected chi connectivity index (χ3v) is 5.40. The number of hydrogen-bond donors (Lipinski definition) is 2. The average molecular weight is 375 g/mol. The molecule has 0 aliphatic carbocycles. The van der Waals surface area contributed by atoms with Crippen molar-refractivity contribution < 1.29 is 13.2 Å². The maximum absolute atomic E-state index is 12.2. The molecule has 7 heteroatoms. The van der Waals surface area contributed by atoms with Gasteiger partial charge in [0.05, 0.1) is 11.4 Å². The fraction of sp³-hybridized carbons (Fsp3) is 0.316. The molecule has 0 aromatic heterocycles. The number of rotatable bonds is 8. The van der Waals surface area contributed by atoms with Gasteiger partial charge in [0.2, 0.25) is 15.9 Å². The Morgan fingerprint density at radius 1 is 1.04 bits per heavy atom. The summed E-state index contributed by atoms with van der Waals surface area (Å²) in [6.07, 6.45) is 0. The Morgan fingerprint density at radius 3 is 2.27 bits per heavy atom. The van der Waals surface area contributed by atoms with Crippen LogP contribution in [-0.4, -0.2) is 34.0 Å². The molecule has 2 aromatic carbocycles. The van der Waals surface area contributed by atoms with Gasteiger partial charge in [-0.3, -0.25) is 4.79 Å². The minimum absolute atomic E-state index is 0.147. The largest absolute Gasteiger partial charge is 0.372 e. The molecule has 0 spiro atoms. The van der Waals surface area contributed by atoms with Crippen LogP contribution >= 0.6 is 0 Å². The zero-order valence-electron chi connectivity index (χ0n) is 15.3. The molecule has 0 saturated heterocycles. The Morgan fingerprint density at radius 2 is 1.69 bits per heavy atom. The van der Waals surface area contributed by atoms with Crippen LogP contribution in [-0.2, 0) is 14.8 Å². The van der Waals surface area contributed by atoms with Crippen LogP contribution in [0.5, 0.6) is 0 Å². The molecule has 0 unspecified atom stereocenters. The first-order chi connectivity index (χ1) is 12.4. The van der Waals surface area contributed by atoms with Gasteiger partial charge in [-0.25, -0.2) is 13.1 Å². The number of benzene rings is 2. The van der Waals surface area contributed by atoms with E-state index < -0.39 is 15.9 Å². The zero-order chi connectivity index (χ0) is 19.2. The quantitative estimate of drug-likeness (QED) is 0.744. The second kappa shape index (κ2) is 8.82. The highest BCUT2D eigenvalue weighted by Crippen LogP contribution is 2.17. The van der Waals surface area contributed by atoms with Crippen molar-refractivity contribution in [2.45, 2.75) is 25.7 Å². The number of carbonyl (C=O) groups is 1. The SMILES string of the molecule is CCN(CC)c1ccc(NC(=O)CNS(=O)(=O)c2cccc(C)c2)cc1. The molecule has 2 aromatic rings. The maximum atomic E-state index is 12.2. The zero-order valence-corrected chi connectivity index (χ0v) is 16.1. The Balaban J connectivity index is 1.94. The summed E-state index contributed by atoms with van der Waals surface area (Å²) in [7, 11) is -3.71. The van der Waals surface area contributed by atoms with Crippen molar-refractivity contribution in [2.24, 2.45) is 0 Å². The monoisotopic (exact) mass is 375 g/mol. The van der Waals surface area contributed by atoms with Crippen molar-refractivity contribution in [3.8, 4) is 0 Å². The van der Waals surface area contributed by atoms with Gasteiger partial charge >= 0.3 is 0 Å². The van der Waals surface area contributed by atoms with E-state index in [4.69, 9.17) is 0 Å². The smallest absolute Gasteiger partial charge is 0.241 e. The van der Waals surface area contributed by atoms with Crippen LogP contribution in [0.15, 0.2) is 53.4 Å². The molecule has 6 nitrogen and oxygen atoms in total. The van der Waals surface area contributed by atoms with E-state index >= 15 is 0 Å². The lowest BCUT2D eigenvalue weighted by Gasteiger charge is -2.21. The van der Waals surface area contributed by atoms with Gasteiger partial charge < -0.3 is 10.2 Å². The fourth-order valence-corrected chi connectivity index (χ4v) is 3.66. The second-order valence-corrected chi connectivity index (χ2v) is 7.68. The van der Waals surface area contributed by atoms with Gasteiger partial charge in [-0.15, -0.1) is 0 Å². The molecule has 0 radical (unpaired) electrons. The molecule has 1 amide bonds. The van der Waals surface area contributed by atoms with E-state index in [0.717, 1.165) is 24.3 Å². The summed E-state index contributed by atoms with van der Waals surface area (Å²) in [4.78, 5) is 14.4. The van der Waals surface area contributed by atoms with Crippen LogP contribution in [0.2, 0.25) is 0 Å². The third kappa shape index (κ3) is 5.31. The van der Waals surface area contributed by atoms with Crippen LogP contribution < -0.4 is 14.9 Å². The minimum atomic E-state index is -3.71. The molecular formula is C19H25N3O3S. The molecule has 0 atom stereocenters. The van der Waals surface area contributed by atoms with Crippen molar-refractivity contribution in [1.82, 2.24) is 4.72 Å². The first-order valence-corrected chi connectivity index (χ1v) is 10.0. The van der Waals surface area contributed by atoms with Gasteiger partial charge in [-0.1, -0.05) is 12.1 Å². The van der Waals surface area contributed by atoms with E-state index in [2.05, 4.69) is 28.8 Å². The molecule has 2 rings (SSSR count). The number of nitrogens with one attached hydrogen (secondary N) is 2. The summed E-state index contributed by atoms with van der Waals surface area (Å²) in [5.74, 6) is -0.420. The number of hydrogen-bond acceptors (Lipinski definition) is 4. The van der Waals surface area contributed by atoms with Gasteiger partial charge in [0.25, 0.3) is 0 Å². The average Bonchev–Trinajstić information content (AvgIpc) is 2.62. The summed E-state index contributed by atoms with van der Waals surface area (Å²) < 4.78 is 26.8. The molecule has 26 heavy (non-hydrogen) atoms. The summed E-state index contributed by atoms with van der Waals surface area (Å²) in [6, 6.07) is 14.0. The van der Waals surface area contributed by atoms with Gasteiger partial charge in [-0.2, -0.15) is 0 Å². The summed E-state index contributed by atoms with van der Waals surface area (Å²) in [5, 5.41) is 2.70. The number of anilines is 2. The van der Waals surface area contributed by atoms with E-state index in [9.17, 15) is 13.2 Å². The van der Waals surface area contributed by atoms with Crippen LogP contribution in [0, 0.1) is 6.92 Å². The highest BCUT2D eigenvalue weighted by molar-refractivity contribution is 7.89. The molecular weight excluding hydrogens is 350 g/mol. The molecule has 0 heterocycles. The lowest BCUT2D eigenvalue weighted by molar-refractivity contribution is -0.115. The Labute approximate surface area is 155 Å². The van der Waals surface area contributed by atoms with Gasteiger partial charge in [0.15, 0.2) is 0 Å². The predicted octanol–water partition coefficient (Wildman–Crippen LogP) is 2.76. The first-order valence-electron chi connectivity index (χ1n) is 8.57. The lowest BCUT2D eigenvalue weighted by atomic mass is 10.2.